The van der Waals surface area contributed by atoms with Gasteiger partial charge in [0, 0.05) is 28.9 Å². The van der Waals surface area contributed by atoms with Gasteiger partial charge in [0.1, 0.15) is 0 Å². The van der Waals surface area contributed by atoms with Crippen LogP contribution < -0.4 is 51.7 Å². The number of thioether (sulfide) groups is 2. The highest BCUT2D eigenvalue weighted by Gasteiger charge is 2.25. The Labute approximate surface area is 359 Å². The smallest absolute Gasteiger partial charge is 0.234 e. The number of rotatable bonds is 14. The van der Waals surface area contributed by atoms with Gasteiger partial charge in [-0.3, -0.25) is 9.59 Å². The topological polar surface area (TPSA) is 268 Å². The number of nitrogens with zero attached hydrogens (tertiary/aromatic N) is 6. The monoisotopic (exact) mass is 860 g/mol. The van der Waals surface area contributed by atoms with E-state index < -0.39 is 12.3 Å². The Balaban J connectivity index is 1.04. The number of hydrogen-bond acceptors (Lipinski definition) is 18. The predicted molar refractivity (Wildman–Crippen MR) is 236 cm³/mol. The number of carbonyl (C=O) groups excluding carboxylic acids is 2. The Bertz CT molecular complexity index is 2380. The summed E-state index contributed by atoms with van der Waals surface area (Å²) in [6.07, 6.45) is -1.18. The first-order valence-electron chi connectivity index (χ1n) is 18.3. The van der Waals surface area contributed by atoms with E-state index in [1.54, 1.807) is 72.8 Å². The number of para-hydroxylation sites is 2. The van der Waals surface area contributed by atoms with Crippen molar-refractivity contribution < 1.29 is 28.5 Å². The number of hydrogen-bond donors (Lipinski definition) is 6. The van der Waals surface area contributed by atoms with E-state index in [1.807, 2.05) is 0 Å². The van der Waals surface area contributed by atoms with Gasteiger partial charge >= 0.3 is 0 Å². The van der Waals surface area contributed by atoms with Gasteiger partial charge in [0.2, 0.25) is 11.8 Å². The van der Waals surface area contributed by atoms with E-state index in [1.165, 1.54) is 28.4 Å². The number of benzene rings is 4. The van der Waals surface area contributed by atoms with E-state index in [9.17, 15) is 20.1 Å². The molecule has 2 aliphatic heterocycles. The van der Waals surface area contributed by atoms with Crippen molar-refractivity contribution in [3.63, 3.8) is 0 Å². The van der Waals surface area contributed by atoms with E-state index in [0.29, 0.717) is 78.1 Å². The molecule has 61 heavy (non-hydrogen) atoms. The first kappa shape index (κ1) is 43.2. The average Bonchev–Trinajstić information content (AvgIpc) is 3.27. The van der Waals surface area contributed by atoms with Gasteiger partial charge in [-0.25, -0.2) is 20.0 Å². The van der Waals surface area contributed by atoms with Gasteiger partial charge in [-0.15, -0.1) is 0 Å². The molecule has 2 heterocycles. The number of anilines is 2. The summed E-state index contributed by atoms with van der Waals surface area (Å²) in [7, 11) is 6.11. The van der Waals surface area contributed by atoms with Crippen LogP contribution in [0.2, 0.25) is 0 Å². The third-order valence-electron chi connectivity index (χ3n) is 8.98. The Morgan fingerprint density at radius 2 is 1.08 bits per heavy atom. The Kier molecular flexibility index (Phi) is 14.2. The van der Waals surface area contributed by atoms with Crippen LogP contribution >= 0.6 is 23.5 Å². The van der Waals surface area contributed by atoms with Crippen LogP contribution in [0, 0.1) is 22.7 Å². The van der Waals surface area contributed by atoms with E-state index in [2.05, 4.69) is 53.4 Å². The zero-order chi connectivity index (χ0) is 43.5. The largest absolute Gasteiger partial charge is 0.493 e. The molecule has 0 radical (unpaired) electrons. The molecule has 6 rings (SSSR count). The molecule has 2 amide bonds. The quantitative estimate of drug-likeness (QED) is 0.103. The van der Waals surface area contributed by atoms with Crippen LogP contribution in [-0.4, -0.2) is 74.0 Å². The second-order valence-electron chi connectivity index (χ2n) is 12.9. The maximum atomic E-state index is 13.0. The lowest BCUT2D eigenvalue weighted by Crippen LogP contribution is -2.39. The molecule has 0 aliphatic carbocycles. The molecule has 4 aromatic carbocycles. The number of aliphatic imine (C=N–C) groups is 4. The first-order valence-corrected chi connectivity index (χ1v) is 20.2. The molecule has 20 heteroatoms. The molecule has 0 aromatic heterocycles. The van der Waals surface area contributed by atoms with Gasteiger partial charge < -0.3 is 51.7 Å². The molecule has 18 nitrogen and oxygen atoms in total. The summed E-state index contributed by atoms with van der Waals surface area (Å²) in [6, 6.07) is 25.0. The van der Waals surface area contributed by atoms with Gasteiger partial charge in [0.05, 0.1) is 63.2 Å². The number of carbonyl (C=O) groups is 2. The second kappa shape index (κ2) is 20.0. The van der Waals surface area contributed by atoms with Crippen LogP contribution in [-0.2, 0) is 16.0 Å². The lowest BCUT2D eigenvalue weighted by molar-refractivity contribution is -0.114. The number of amidine groups is 2. The van der Waals surface area contributed by atoms with Crippen molar-refractivity contribution >= 4 is 69.0 Å². The van der Waals surface area contributed by atoms with Crippen LogP contribution in [0.1, 0.15) is 45.7 Å². The summed E-state index contributed by atoms with van der Waals surface area (Å²) in [5, 5.41) is 32.2. The molecule has 312 valence electrons. The number of ether oxygens (including phenoxy) is 4. The summed E-state index contributed by atoms with van der Waals surface area (Å²) >= 11 is 2.26. The molecule has 8 N–H and O–H groups in total. The van der Waals surface area contributed by atoms with Crippen molar-refractivity contribution in [1.29, 1.82) is 10.5 Å². The van der Waals surface area contributed by atoms with Gasteiger partial charge in [0.25, 0.3) is 0 Å². The minimum atomic E-state index is -0.716. The number of nitriles is 2. The molecule has 0 unspecified atom stereocenters. The number of guanidine groups is 2. The van der Waals surface area contributed by atoms with E-state index in [-0.39, 0.29) is 41.7 Å². The maximum absolute atomic E-state index is 13.0. The fraction of sp³-hybridized carbons (Fsp3) is 0.220. The van der Waals surface area contributed by atoms with Gasteiger partial charge in [-0.2, -0.15) is 10.5 Å². The van der Waals surface area contributed by atoms with E-state index in [4.69, 9.17) is 30.4 Å². The van der Waals surface area contributed by atoms with Crippen molar-refractivity contribution in [3.05, 3.63) is 106 Å². The highest BCUT2D eigenvalue weighted by molar-refractivity contribution is 8.14. The summed E-state index contributed by atoms with van der Waals surface area (Å²) in [4.78, 5) is 43.9. The fourth-order valence-electron chi connectivity index (χ4n) is 6.24. The van der Waals surface area contributed by atoms with Crippen molar-refractivity contribution in [2.24, 2.45) is 31.4 Å². The second-order valence-corrected chi connectivity index (χ2v) is 14.8. The van der Waals surface area contributed by atoms with E-state index >= 15 is 0 Å². The molecule has 0 spiro atoms. The third kappa shape index (κ3) is 10.6. The molecule has 2 aliphatic rings. The maximum Gasteiger partial charge on any atom is 0.234 e. The van der Waals surface area contributed by atoms with Crippen LogP contribution in [0.5, 0.6) is 23.0 Å². The van der Waals surface area contributed by atoms with Gasteiger partial charge in [-0.1, -0.05) is 59.9 Å². The van der Waals surface area contributed by atoms with Crippen molar-refractivity contribution in [2.45, 2.75) is 18.8 Å². The van der Waals surface area contributed by atoms with Crippen molar-refractivity contribution in [3.8, 4) is 35.1 Å². The van der Waals surface area contributed by atoms with E-state index in [0.717, 1.165) is 23.5 Å². The number of methoxy groups -OCH3 is 4. The molecule has 0 saturated carbocycles. The molecule has 0 bridgehead atoms. The zero-order valence-corrected chi connectivity index (χ0v) is 34.9. The Morgan fingerprint density at radius 3 is 1.46 bits per heavy atom. The van der Waals surface area contributed by atoms with Gasteiger partial charge in [-0.05, 0) is 47.5 Å². The Hall–Kier alpha value is -7.42. The normalized spacial score (nSPS) is 15.4. The minimum Gasteiger partial charge on any atom is -0.493 e. The summed E-state index contributed by atoms with van der Waals surface area (Å²) in [6.45, 7) is 0. The molecule has 4 aromatic rings. The van der Waals surface area contributed by atoms with Crippen LogP contribution in [0.25, 0.3) is 0 Å². The molecular weight excluding hydrogens is 821 g/mol. The minimum absolute atomic E-state index is 0.0205. The summed E-state index contributed by atoms with van der Waals surface area (Å²) in [5.41, 5.74) is 16.1. The summed E-state index contributed by atoms with van der Waals surface area (Å²) < 4.78 is 21.8. The number of amides is 2. The Morgan fingerprint density at radius 1 is 0.656 bits per heavy atom. The molecule has 0 saturated heterocycles. The predicted octanol–water partition coefficient (Wildman–Crippen LogP) is 4.34. The van der Waals surface area contributed by atoms with Crippen molar-refractivity contribution in [2.75, 3.05) is 50.6 Å². The molecule has 2 atom stereocenters. The highest BCUT2D eigenvalue weighted by atomic mass is 32.2. The number of nitrogens with one attached hydrogen (secondary N) is 4. The lowest BCUT2D eigenvalue weighted by atomic mass is 9.96. The van der Waals surface area contributed by atoms with Crippen LogP contribution in [0.15, 0.2) is 92.8 Å². The summed E-state index contributed by atoms with van der Waals surface area (Å²) in [5.74, 6) is 1.51. The molecule has 0 fully saturated rings. The van der Waals surface area contributed by atoms with Crippen molar-refractivity contribution in [1.82, 2.24) is 10.6 Å². The average molecular weight is 861 g/mol. The number of nitrogens with two attached hydrogens (primary N) is 2. The lowest BCUT2D eigenvalue weighted by Gasteiger charge is -2.21. The third-order valence-corrected chi connectivity index (χ3v) is 10.8. The fourth-order valence-corrected chi connectivity index (χ4v) is 7.62. The molecular formula is C41H40N12O6S2. The highest BCUT2D eigenvalue weighted by Crippen LogP contribution is 2.39. The SMILES string of the molecule is COc1cccc([C@H]2N=C(N)NC(SCC(=O)Nc3ccc(Cc4ccc(NC(=O)CSC5=N[C@@H](c6cccc(OC)c6OC)N=C(N)N5)cc4C#N)c(C#N)c3)=N2)c1OC. The zero-order valence-electron chi connectivity index (χ0n) is 33.3. The van der Waals surface area contributed by atoms with Crippen LogP contribution in [0.3, 0.4) is 0 Å². The van der Waals surface area contributed by atoms with Gasteiger partial charge in [0.15, 0.2) is 57.6 Å². The van der Waals surface area contributed by atoms with Crippen LogP contribution in [0.4, 0.5) is 11.4 Å². The standard InChI is InChI=1S/C41H40N12O6S2/c1-56-30-9-5-7-28(34(30)58-3)36-48-38(44)52-40(50-36)60-20-32(54)46-26-13-11-22(24(16-26)18-42)15-23-12-14-27(17-25(23)19-43)47-33(55)21-61-41-51-37(49-39(45)53-41)29-8-6-10-31(57-2)35(29)59-4/h5-14,16-17,36-37H,15,20-21H2,1-4H3,(H,46,54)(H,47,55)(H3,44,48,50,52)(H3,45,49,51,53)/t36-,37-/m0/s1. The first-order chi connectivity index (χ1) is 29.5.